The number of carboxylic acid groups (broad SMARTS) is 1. The first-order valence-corrected chi connectivity index (χ1v) is 15.8. The van der Waals surface area contributed by atoms with E-state index < -0.39 is 35.6 Å². The molecule has 1 unspecified atom stereocenters. The number of hydrogen-bond acceptors (Lipinski definition) is 9. The van der Waals surface area contributed by atoms with E-state index in [1.54, 1.807) is 30.3 Å². The van der Waals surface area contributed by atoms with E-state index in [1.807, 2.05) is 11.4 Å². The number of hydrogen-bond donors (Lipinski definition) is 4. The number of amides is 4. The molecule has 4 aromatic rings. The monoisotopic (exact) mass is 675 g/mol. The molecule has 48 heavy (non-hydrogen) atoms. The van der Waals surface area contributed by atoms with Gasteiger partial charge in [-0.3, -0.25) is 19.7 Å². The van der Waals surface area contributed by atoms with Crippen LogP contribution in [0.1, 0.15) is 21.7 Å². The molecular formula is C33H30FN5O8S. The molecule has 2 aromatic heterocycles. The first kappa shape index (κ1) is 32.6. The minimum Gasteiger partial charge on any atom is -0.465 e. The number of rotatable bonds is 10. The number of aromatic nitrogens is 1. The summed E-state index contributed by atoms with van der Waals surface area (Å²) >= 11 is 1.39. The van der Waals surface area contributed by atoms with Crippen LogP contribution in [0.25, 0.3) is 11.3 Å². The largest absolute Gasteiger partial charge is 0.465 e. The van der Waals surface area contributed by atoms with E-state index in [0.29, 0.717) is 36.0 Å². The third-order valence-electron chi connectivity index (χ3n) is 7.66. The van der Waals surface area contributed by atoms with Crippen LogP contribution in [0.2, 0.25) is 0 Å². The lowest BCUT2D eigenvalue weighted by Gasteiger charge is -2.24. The minimum absolute atomic E-state index is 0.0325. The summed E-state index contributed by atoms with van der Waals surface area (Å²) in [4.78, 5) is 57.1. The molecular weight excluding hydrogens is 645 g/mol. The van der Waals surface area contributed by atoms with E-state index in [-0.39, 0.29) is 37.7 Å². The van der Waals surface area contributed by atoms with Gasteiger partial charge in [0.25, 0.3) is 5.91 Å². The molecule has 0 radical (unpaired) electrons. The van der Waals surface area contributed by atoms with Gasteiger partial charge in [-0.1, -0.05) is 6.07 Å². The summed E-state index contributed by atoms with van der Waals surface area (Å²) in [7, 11) is 0. The second kappa shape index (κ2) is 14.2. The van der Waals surface area contributed by atoms with E-state index in [9.17, 15) is 23.6 Å². The number of anilines is 1. The van der Waals surface area contributed by atoms with Crippen molar-refractivity contribution in [1.29, 1.82) is 0 Å². The molecule has 2 aliphatic rings. The summed E-state index contributed by atoms with van der Waals surface area (Å²) in [6, 6.07) is 17.7. The molecule has 15 heteroatoms. The van der Waals surface area contributed by atoms with Crippen LogP contribution >= 0.6 is 11.3 Å². The fourth-order valence-corrected chi connectivity index (χ4v) is 6.21. The van der Waals surface area contributed by atoms with Crippen LogP contribution in [0.4, 0.5) is 15.0 Å². The number of likely N-dealkylation sites (tertiary alicyclic amines) is 1. The fourth-order valence-electron chi connectivity index (χ4n) is 5.39. The van der Waals surface area contributed by atoms with Gasteiger partial charge >= 0.3 is 6.09 Å². The van der Waals surface area contributed by atoms with Crippen LogP contribution < -0.4 is 20.7 Å². The summed E-state index contributed by atoms with van der Waals surface area (Å²) < 4.78 is 30.4. The maximum absolute atomic E-state index is 13.4. The maximum Gasteiger partial charge on any atom is 0.410 e. The highest BCUT2D eigenvalue weighted by Gasteiger charge is 2.52. The first-order valence-electron chi connectivity index (χ1n) is 14.9. The molecule has 2 saturated heterocycles. The van der Waals surface area contributed by atoms with Crippen LogP contribution in [0, 0.1) is 5.82 Å². The van der Waals surface area contributed by atoms with E-state index in [0.717, 1.165) is 10.4 Å². The molecule has 6 rings (SSSR count). The third-order valence-corrected chi connectivity index (χ3v) is 8.60. The molecule has 4 N–H and O–H groups in total. The predicted octanol–water partition coefficient (Wildman–Crippen LogP) is 4.22. The Morgan fingerprint density at radius 1 is 1.00 bits per heavy atom. The third kappa shape index (κ3) is 7.76. The number of benzene rings is 2. The van der Waals surface area contributed by atoms with Gasteiger partial charge in [-0.15, -0.1) is 11.3 Å². The number of carbonyl (C=O) groups excluding carboxylic acids is 3. The van der Waals surface area contributed by atoms with E-state index in [1.165, 1.54) is 52.6 Å². The zero-order valence-corrected chi connectivity index (χ0v) is 26.1. The van der Waals surface area contributed by atoms with E-state index in [4.69, 9.17) is 19.3 Å². The number of nitrogens with zero attached hydrogens (tertiary/aromatic N) is 2. The van der Waals surface area contributed by atoms with Gasteiger partial charge in [0.2, 0.25) is 11.8 Å². The minimum atomic E-state index is -1.22. The van der Waals surface area contributed by atoms with Crippen molar-refractivity contribution in [2.45, 2.75) is 24.8 Å². The van der Waals surface area contributed by atoms with Crippen molar-refractivity contribution >= 4 is 41.0 Å². The number of halogens is 1. The lowest BCUT2D eigenvalue weighted by Crippen LogP contribution is -2.49. The van der Waals surface area contributed by atoms with Gasteiger partial charge in [0.1, 0.15) is 29.2 Å². The second-order valence-electron chi connectivity index (χ2n) is 11.0. The molecule has 2 aromatic carbocycles. The van der Waals surface area contributed by atoms with Crippen molar-refractivity contribution in [1.82, 2.24) is 20.5 Å². The van der Waals surface area contributed by atoms with Gasteiger partial charge in [0, 0.05) is 27.8 Å². The molecule has 2 fully saturated rings. The lowest BCUT2D eigenvalue weighted by molar-refractivity contribution is -0.152. The van der Waals surface area contributed by atoms with Crippen molar-refractivity contribution in [2.24, 2.45) is 0 Å². The van der Waals surface area contributed by atoms with Crippen molar-refractivity contribution in [3.63, 3.8) is 0 Å². The van der Waals surface area contributed by atoms with Crippen molar-refractivity contribution in [3.8, 4) is 22.8 Å². The van der Waals surface area contributed by atoms with Crippen LogP contribution in [0.5, 0.6) is 11.5 Å². The Morgan fingerprint density at radius 2 is 1.71 bits per heavy atom. The molecule has 0 aliphatic carbocycles. The Kier molecular flexibility index (Phi) is 9.61. The molecule has 1 spiro atoms. The van der Waals surface area contributed by atoms with Crippen LogP contribution in [-0.2, 0) is 25.6 Å². The number of thiophene rings is 1. The smallest absolute Gasteiger partial charge is 0.410 e. The van der Waals surface area contributed by atoms with Gasteiger partial charge in [-0.2, -0.15) is 0 Å². The lowest BCUT2D eigenvalue weighted by atomic mass is 10.1. The van der Waals surface area contributed by atoms with Crippen molar-refractivity contribution in [2.75, 3.05) is 31.6 Å². The quantitative estimate of drug-likeness (QED) is 0.192. The SMILES string of the molecule is O=C(O)Nc1cccc(-c2csc(CNC(=O)C3CC4(CN3C(=O)CNC(=O)c3ccc(Oc5ccc(F)cc5)cc3)OCCO4)c2)n1. The zero-order chi connectivity index (χ0) is 33.7. The van der Waals surface area contributed by atoms with Crippen LogP contribution in [0.3, 0.4) is 0 Å². The Labute approximate surface area is 277 Å². The number of nitrogens with one attached hydrogen (secondary N) is 3. The summed E-state index contributed by atoms with van der Waals surface area (Å²) in [5.41, 5.74) is 1.61. The Bertz CT molecular complexity index is 1810. The summed E-state index contributed by atoms with van der Waals surface area (Å²) in [5, 5.41) is 18.5. The summed E-state index contributed by atoms with van der Waals surface area (Å²) in [6.45, 7) is 0.530. The molecule has 13 nitrogen and oxygen atoms in total. The Morgan fingerprint density at radius 3 is 2.42 bits per heavy atom. The standard InChI is InChI=1S/C33H30FN5O8S/c34-22-6-10-24(11-7-22)47-23-8-4-20(5-9-23)30(41)36-17-29(40)39-19-33(45-12-13-46-33)15-27(39)31(42)35-16-25-14-21(18-48-25)26-2-1-3-28(37-26)38-32(43)44/h1-11,14,18,27H,12-13,15-17,19H2,(H,35,42)(H,36,41)(H,37,38)(H,43,44). The van der Waals surface area contributed by atoms with Gasteiger partial charge < -0.3 is 34.9 Å². The van der Waals surface area contributed by atoms with E-state index >= 15 is 0 Å². The summed E-state index contributed by atoms with van der Waals surface area (Å²) in [6.07, 6.45) is -1.08. The van der Waals surface area contributed by atoms with Crippen molar-refractivity contribution < 1.29 is 42.9 Å². The molecule has 2 aliphatic heterocycles. The second-order valence-corrected chi connectivity index (χ2v) is 12.0. The maximum atomic E-state index is 13.4. The number of pyridine rings is 1. The number of carbonyl (C=O) groups is 4. The van der Waals surface area contributed by atoms with E-state index in [2.05, 4.69) is 20.9 Å². The average molecular weight is 676 g/mol. The molecule has 248 valence electrons. The number of ether oxygens (including phenoxy) is 3. The van der Waals surface area contributed by atoms with Crippen LogP contribution in [0.15, 0.2) is 78.2 Å². The zero-order valence-electron chi connectivity index (χ0n) is 25.3. The summed E-state index contributed by atoms with van der Waals surface area (Å²) in [5.74, 6) is -1.78. The predicted molar refractivity (Wildman–Crippen MR) is 171 cm³/mol. The average Bonchev–Trinajstić information content (AvgIpc) is 3.84. The Balaban J connectivity index is 1.05. The molecule has 4 amide bonds. The topological polar surface area (TPSA) is 168 Å². The highest BCUT2D eigenvalue weighted by molar-refractivity contribution is 7.10. The normalized spacial score (nSPS) is 16.4. The molecule has 4 heterocycles. The van der Waals surface area contributed by atoms with Gasteiger partial charge in [-0.05, 0) is 66.7 Å². The van der Waals surface area contributed by atoms with Crippen LogP contribution in [-0.4, -0.2) is 76.9 Å². The van der Waals surface area contributed by atoms with Crippen molar-refractivity contribution in [3.05, 3.63) is 94.4 Å². The fraction of sp³-hybridized carbons (Fsp3) is 0.242. The van der Waals surface area contributed by atoms with Gasteiger partial charge in [0.15, 0.2) is 5.79 Å². The first-order chi connectivity index (χ1) is 23.2. The molecule has 0 saturated carbocycles. The highest BCUT2D eigenvalue weighted by Crippen LogP contribution is 2.35. The molecule has 0 bridgehead atoms. The van der Waals surface area contributed by atoms with Gasteiger partial charge in [-0.25, -0.2) is 14.2 Å². The Hall–Kier alpha value is -5.38. The molecule has 1 atom stereocenters. The van der Waals surface area contributed by atoms with Gasteiger partial charge in [0.05, 0.1) is 38.5 Å². The highest BCUT2D eigenvalue weighted by atomic mass is 32.1.